The lowest BCUT2D eigenvalue weighted by Gasteiger charge is -2.23. The van der Waals surface area contributed by atoms with Crippen LogP contribution in [0.15, 0.2) is 70.5 Å². The minimum atomic E-state index is -3.67. The van der Waals surface area contributed by atoms with E-state index in [2.05, 4.69) is 10.3 Å². The molecule has 1 spiro atoms. The van der Waals surface area contributed by atoms with E-state index in [4.69, 9.17) is 17.3 Å². The Balaban J connectivity index is 1.52. The molecule has 3 N–H and O–H groups in total. The largest absolute Gasteiger partial charge is 0.368 e. The SMILES string of the molecule is C[C@@H](CS(C)(=O)=O)n1c(=O)c(-c2cccc(F)c2Cl)cn(C(C(N)=O)c2ccc3c(c2)C[C@@]2(C3)C(=O)Nc3ncccc32)c1=O. The Bertz CT molecular complexity index is 2160. The summed E-state index contributed by atoms with van der Waals surface area (Å²) in [5.41, 5.74) is 5.45. The highest BCUT2D eigenvalue weighted by atomic mass is 35.5. The molecule has 45 heavy (non-hydrogen) atoms. The number of anilines is 1. The second-order valence-corrected chi connectivity index (χ2v) is 14.1. The highest BCUT2D eigenvalue weighted by molar-refractivity contribution is 7.90. The van der Waals surface area contributed by atoms with Crippen molar-refractivity contribution in [2.45, 2.75) is 37.3 Å². The fourth-order valence-electron chi connectivity index (χ4n) is 6.49. The van der Waals surface area contributed by atoms with Crippen LogP contribution >= 0.6 is 11.6 Å². The molecule has 0 fully saturated rings. The normalized spacial score (nSPS) is 18.4. The van der Waals surface area contributed by atoms with Crippen LogP contribution in [-0.4, -0.2) is 46.4 Å². The van der Waals surface area contributed by atoms with Gasteiger partial charge in [-0.15, -0.1) is 0 Å². The van der Waals surface area contributed by atoms with Crippen LogP contribution < -0.4 is 22.3 Å². The Morgan fingerprint density at radius 2 is 1.84 bits per heavy atom. The van der Waals surface area contributed by atoms with Gasteiger partial charge in [0.05, 0.1) is 27.8 Å². The molecule has 232 valence electrons. The number of carbonyl (C=O) groups excluding carboxylic acids is 2. The third kappa shape index (κ3) is 5.05. The molecule has 3 atom stereocenters. The third-order valence-corrected chi connectivity index (χ3v) is 9.91. The molecule has 0 radical (unpaired) electrons. The van der Waals surface area contributed by atoms with Gasteiger partial charge in [0.1, 0.15) is 27.5 Å². The summed E-state index contributed by atoms with van der Waals surface area (Å²) < 4.78 is 40.4. The lowest BCUT2D eigenvalue weighted by molar-refractivity contribution is -0.121. The molecule has 2 aromatic carbocycles. The summed E-state index contributed by atoms with van der Waals surface area (Å²) in [5, 5.41) is 2.44. The Morgan fingerprint density at radius 3 is 2.56 bits per heavy atom. The van der Waals surface area contributed by atoms with Gasteiger partial charge in [0.25, 0.3) is 5.56 Å². The molecule has 6 rings (SSSR count). The molecule has 0 saturated heterocycles. The molecular weight excluding hydrogens is 625 g/mol. The lowest BCUT2D eigenvalue weighted by atomic mass is 9.79. The number of fused-ring (bicyclic) bond motifs is 3. The average molecular weight is 652 g/mol. The van der Waals surface area contributed by atoms with Gasteiger partial charge in [0.2, 0.25) is 11.8 Å². The molecule has 1 aliphatic heterocycles. The number of benzene rings is 2. The van der Waals surface area contributed by atoms with E-state index in [1.165, 1.54) is 19.1 Å². The molecule has 2 aliphatic rings. The number of carbonyl (C=O) groups is 2. The van der Waals surface area contributed by atoms with E-state index in [1.807, 2.05) is 6.07 Å². The summed E-state index contributed by atoms with van der Waals surface area (Å²) in [7, 11) is -3.67. The average Bonchev–Trinajstić information content (AvgIpc) is 3.47. The van der Waals surface area contributed by atoms with Gasteiger partial charge in [-0.2, -0.15) is 0 Å². The van der Waals surface area contributed by atoms with Gasteiger partial charge in [0, 0.05) is 29.8 Å². The van der Waals surface area contributed by atoms with Gasteiger partial charge >= 0.3 is 5.69 Å². The van der Waals surface area contributed by atoms with Gasteiger partial charge in [-0.05, 0) is 48.6 Å². The third-order valence-electron chi connectivity index (χ3n) is 8.44. The predicted molar refractivity (Wildman–Crippen MR) is 166 cm³/mol. The number of halogens is 2. The zero-order valence-electron chi connectivity index (χ0n) is 24.1. The first kappa shape index (κ1) is 30.4. The first-order valence-corrected chi connectivity index (χ1v) is 16.3. The van der Waals surface area contributed by atoms with Crippen molar-refractivity contribution in [2.75, 3.05) is 17.3 Å². The van der Waals surface area contributed by atoms with Gasteiger partial charge < -0.3 is 11.1 Å². The standard InChI is InChI=1S/C31H27ClFN5O6S/c1-16(15-45(2,43)44)38-28(40)21(20-5-3-7-23(33)24(20)32)14-37(30(38)42)25(26(34)39)17-8-9-18-12-31(13-19(18)11-17)22-6-4-10-35-27(22)36-29(31)41/h3-11,14,16,25H,12-13,15H2,1-2H3,(H2,34,39)(H,35,36,41)/t16-,25?,31+/m0/s1. The number of hydrogen-bond donors (Lipinski definition) is 2. The molecule has 0 saturated carbocycles. The van der Waals surface area contributed by atoms with Crippen molar-refractivity contribution >= 4 is 39.1 Å². The van der Waals surface area contributed by atoms with E-state index in [0.29, 0.717) is 28.8 Å². The number of nitrogens with two attached hydrogens (primary N) is 1. The number of hydrogen-bond acceptors (Lipinski definition) is 7. The fraction of sp³-hybridized carbons (Fsp3) is 0.258. The number of rotatable bonds is 7. The van der Waals surface area contributed by atoms with Crippen molar-refractivity contribution in [3.05, 3.63) is 115 Å². The van der Waals surface area contributed by atoms with Crippen LogP contribution in [0.5, 0.6) is 0 Å². The minimum absolute atomic E-state index is 0.0608. The van der Waals surface area contributed by atoms with Crippen LogP contribution in [0.1, 0.15) is 41.3 Å². The molecule has 0 bridgehead atoms. The number of amides is 2. The highest BCUT2D eigenvalue weighted by Crippen LogP contribution is 2.47. The molecule has 2 amide bonds. The van der Waals surface area contributed by atoms with Crippen molar-refractivity contribution in [1.29, 1.82) is 0 Å². The first-order valence-electron chi connectivity index (χ1n) is 13.9. The highest BCUT2D eigenvalue weighted by Gasteiger charge is 2.51. The molecule has 4 aromatic rings. The Morgan fingerprint density at radius 1 is 1.11 bits per heavy atom. The molecule has 1 unspecified atom stereocenters. The summed E-state index contributed by atoms with van der Waals surface area (Å²) in [6.07, 6.45) is 4.34. The van der Waals surface area contributed by atoms with Crippen molar-refractivity contribution < 1.29 is 22.4 Å². The van der Waals surface area contributed by atoms with E-state index >= 15 is 0 Å². The second-order valence-electron chi connectivity index (χ2n) is 11.6. The van der Waals surface area contributed by atoms with E-state index in [9.17, 15) is 32.0 Å². The van der Waals surface area contributed by atoms with E-state index in [1.54, 1.807) is 30.5 Å². The maximum Gasteiger partial charge on any atom is 0.332 e. The summed E-state index contributed by atoms with van der Waals surface area (Å²) in [6.45, 7) is 1.37. The van der Waals surface area contributed by atoms with Crippen molar-refractivity contribution in [1.82, 2.24) is 14.1 Å². The summed E-state index contributed by atoms with van der Waals surface area (Å²) in [6, 6.07) is 9.82. The van der Waals surface area contributed by atoms with E-state index < -0.39 is 61.1 Å². The van der Waals surface area contributed by atoms with Crippen LogP contribution in [0.2, 0.25) is 5.02 Å². The Hall–Kier alpha value is -4.62. The number of pyridine rings is 1. The molecule has 2 aromatic heterocycles. The predicted octanol–water partition coefficient (Wildman–Crippen LogP) is 2.53. The number of nitrogens with zero attached hydrogens (tertiary/aromatic N) is 3. The van der Waals surface area contributed by atoms with Gasteiger partial charge in [-0.3, -0.25) is 23.5 Å². The fourth-order valence-corrected chi connectivity index (χ4v) is 7.75. The summed E-state index contributed by atoms with van der Waals surface area (Å²) in [4.78, 5) is 58.2. The van der Waals surface area contributed by atoms with Gasteiger partial charge in [-0.1, -0.05) is 48.0 Å². The maximum atomic E-state index is 14.5. The Labute approximate surface area is 261 Å². The van der Waals surface area contributed by atoms with Crippen molar-refractivity contribution in [3.8, 4) is 11.1 Å². The molecular formula is C31H27ClFN5O6S. The number of aromatic nitrogens is 3. The number of sulfone groups is 1. The first-order chi connectivity index (χ1) is 21.2. The van der Waals surface area contributed by atoms with Crippen LogP contribution in [0.3, 0.4) is 0 Å². The lowest BCUT2D eigenvalue weighted by Crippen LogP contribution is -2.46. The summed E-state index contributed by atoms with van der Waals surface area (Å²) in [5.74, 6) is -2.04. The number of nitrogens with one attached hydrogen (secondary N) is 1. The van der Waals surface area contributed by atoms with E-state index in [-0.39, 0.29) is 17.0 Å². The Kier molecular flexibility index (Phi) is 7.28. The molecule has 3 heterocycles. The topological polar surface area (TPSA) is 163 Å². The van der Waals surface area contributed by atoms with Crippen molar-refractivity contribution in [2.24, 2.45) is 5.73 Å². The van der Waals surface area contributed by atoms with Gasteiger partial charge in [-0.25, -0.2) is 22.6 Å². The minimum Gasteiger partial charge on any atom is -0.368 e. The second kappa shape index (κ2) is 10.8. The van der Waals surface area contributed by atoms with E-state index in [0.717, 1.165) is 39.8 Å². The monoisotopic (exact) mass is 651 g/mol. The van der Waals surface area contributed by atoms with Crippen LogP contribution in [-0.2, 0) is 37.7 Å². The summed E-state index contributed by atoms with van der Waals surface area (Å²) >= 11 is 6.23. The maximum absolute atomic E-state index is 14.5. The van der Waals surface area contributed by atoms with Crippen LogP contribution in [0.25, 0.3) is 11.1 Å². The zero-order valence-corrected chi connectivity index (χ0v) is 25.7. The van der Waals surface area contributed by atoms with Crippen LogP contribution in [0.4, 0.5) is 10.2 Å². The zero-order chi connectivity index (χ0) is 32.4. The molecule has 11 nitrogen and oxygen atoms in total. The number of primary amides is 1. The van der Waals surface area contributed by atoms with Crippen LogP contribution in [0, 0.1) is 5.82 Å². The smallest absolute Gasteiger partial charge is 0.332 e. The molecule has 1 aliphatic carbocycles. The quantitative estimate of drug-likeness (QED) is 0.310. The van der Waals surface area contributed by atoms with Gasteiger partial charge in [0.15, 0.2) is 0 Å². The molecule has 14 heteroatoms. The van der Waals surface area contributed by atoms with Crippen molar-refractivity contribution in [3.63, 3.8) is 0 Å².